The summed E-state index contributed by atoms with van der Waals surface area (Å²) in [7, 11) is 0. The lowest BCUT2D eigenvalue weighted by Crippen LogP contribution is -2.46. The molecule has 0 aliphatic carbocycles. The summed E-state index contributed by atoms with van der Waals surface area (Å²) in [5.41, 5.74) is 2.77. The van der Waals surface area contributed by atoms with Crippen molar-refractivity contribution in [2.24, 2.45) is 5.10 Å². The molecule has 1 fully saturated rings. The van der Waals surface area contributed by atoms with Gasteiger partial charge >= 0.3 is 5.96 Å². The molecule has 164 valence electrons. The van der Waals surface area contributed by atoms with Gasteiger partial charge in [-0.1, -0.05) is 47.5 Å². The summed E-state index contributed by atoms with van der Waals surface area (Å²) in [6, 6.07) is 14.9. The third-order valence-electron chi connectivity index (χ3n) is 5.54. The number of amides is 1. The van der Waals surface area contributed by atoms with E-state index >= 15 is 0 Å². The fourth-order valence-corrected chi connectivity index (χ4v) is 4.35. The molecule has 9 heteroatoms. The summed E-state index contributed by atoms with van der Waals surface area (Å²) in [5, 5.41) is 21.4. The van der Waals surface area contributed by atoms with Crippen LogP contribution in [0.25, 0.3) is 0 Å². The molecule has 1 unspecified atom stereocenters. The third kappa shape index (κ3) is 5.04. The highest BCUT2D eigenvalue weighted by molar-refractivity contribution is 6.31. The monoisotopic (exact) mass is 469 g/mol. The van der Waals surface area contributed by atoms with Gasteiger partial charge in [-0.15, -0.1) is 9.79 Å². The number of hydrogen-bond donors (Lipinski definition) is 2. The van der Waals surface area contributed by atoms with E-state index in [0.29, 0.717) is 42.1 Å². The molecule has 0 spiro atoms. The zero-order valence-electron chi connectivity index (χ0n) is 17.4. The summed E-state index contributed by atoms with van der Waals surface area (Å²) in [6.07, 6.45) is 4.10. The summed E-state index contributed by atoms with van der Waals surface area (Å²) < 4.78 is 1.72. The number of likely N-dealkylation sites (tertiary alicyclic amines) is 1. The topological polar surface area (TPSA) is 83.5 Å². The van der Waals surface area contributed by atoms with Crippen LogP contribution in [0.4, 0.5) is 0 Å². The molecule has 1 atom stereocenters. The van der Waals surface area contributed by atoms with Gasteiger partial charge in [-0.3, -0.25) is 10.1 Å². The van der Waals surface area contributed by atoms with Crippen LogP contribution in [0.3, 0.4) is 0 Å². The van der Waals surface area contributed by atoms with Crippen LogP contribution < -0.4 is 10.6 Å². The first-order valence-corrected chi connectivity index (χ1v) is 11.2. The van der Waals surface area contributed by atoms with Crippen LogP contribution in [0.1, 0.15) is 24.0 Å². The number of nitriles is 1. The standard InChI is InChI=1S/C23H22Cl2N6O/c24-18-8-6-17(7-9-18)22-20(30-12-2-5-21(30)32)14-31(29-22)23(28-15-26)27-11-10-16-3-1-4-19(25)13-16/h1,3-4,6-9,13,20H,2,5,10-12,14H2,(H,27,28)/p+1. The normalized spacial score (nSPS) is 19.5. The first-order chi connectivity index (χ1) is 15.5. The Morgan fingerprint density at radius 1 is 1.22 bits per heavy atom. The third-order valence-corrected chi connectivity index (χ3v) is 6.03. The highest BCUT2D eigenvalue weighted by Crippen LogP contribution is 2.23. The van der Waals surface area contributed by atoms with E-state index in [1.165, 1.54) is 0 Å². The number of hydrazone groups is 1. The molecule has 7 nitrogen and oxygen atoms in total. The number of carbonyl (C=O) groups excluding carboxylic acids is 1. The quantitative estimate of drug-likeness (QED) is 0.305. The van der Waals surface area contributed by atoms with E-state index < -0.39 is 0 Å². The first-order valence-electron chi connectivity index (χ1n) is 10.5. The maximum absolute atomic E-state index is 12.5. The van der Waals surface area contributed by atoms with Gasteiger partial charge in [0, 0.05) is 35.0 Å². The largest absolute Gasteiger partial charge is 0.384 e. The van der Waals surface area contributed by atoms with Crippen LogP contribution in [0.15, 0.2) is 53.6 Å². The maximum Gasteiger partial charge on any atom is 0.384 e. The van der Waals surface area contributed by atoms with E-state index in [-0.39, 0.29) is 11.9 Å². The minimum absolute atomic E-state index is 0.127. The van der Waals surface area contributed by atoms with Crippen LogP contribution >= 0.6 is 23.2 Å². The van der Waals surface area contributed by atoms with Crippen molar-refractivity contribution >= 4 is 40.8 Å². The van der Waals surface area contributed by atoms with Crippen LogP contribution in [0, 0.1) is 11.5 Å². The number of nitrogens with zero attached hydrogens (tertiary/aromatic N) is 4. The summed E-state index contributed by atoms with van der Waals surface area (Å²) >= 11 is 12.1. The van der Waals surface area contributed by atoms with E-state index in [1.807, 2.05) is 59.6 Å². The molecule has 1 saturated heterocycles. The fraction of sp³-hybridized carbons (Fsp3) is 0.304. The van der Waals surface area contributed by atoms with Crippen molar-refractivity contribution in [1.29, 1.82) is 5.26 Å². The van der Waals surface area contributed by atoms with E-state index in [1.54, 1.807) is 4.68 Å². The van der Waals surface area contributed by atoms with Crippen molar-refractivity contribution in [3.63, 3.8) is 0 Å². The summed E-state index contributed by atoms with van der Waals surface area (Å²) in [4.78, 5) is 14.4. The van der Waals surface area contributed by atoms with Gasteiger partial charge < -0.3 is 4.90 Å². The zero-order valence-corrected chi connectivity index (χ0v) is 18.9. The number of nitrogens with one attached hydrogen (secondary N) is 2. The Hall–Kier alpha value is -3.08. The van der Waals surface area contributed by atoms with Crippen molar-refractivity contribution < 1.29 is 9.48 Å². The van der Waals surface area contributed by atoms with Gasteiger partial charge in [-0.05, 0) is 36.2 Å². The van der Waals surface area contributed by atoms with Crippen LogP contribution in [-0.2, 0) is 11.2 Å². The van der Waals surface area contributed by atoms with Crippen molar-refractivity contribution in [2.75, 3.05) is 19.6 Å². The molecule has 1 amide bonds. The molecule has 2 N–H and O–H groups in total. The second kappa shape index (κ2) is 10.0. The van der Waals surface area contributed by atoms with Crippen LogP contribution in [0.2, 0.25) is 10.0 Å². The minimum atomic E-state index is -0.198. The molecule has 0 saturated carbocycles. The molecular formula is C23H23Cl2N6O+. The molecule has 0 aromatic heterocycles. The molecule has 4 rings (SSSR count). The highest BCUT2D eigenvalue weighted by Gasteiger charge is 2.39. The average Bonchev–Trinajstić information content (AvgIpc) is 3.40. The molecule has 2 aromatic carbocycles. The molecule has 2 aromatic rings. The maximum atomic E-state index is 12.5. The number of hydrogen-bond acceptors (Lipinski definition) is 3. The van der Waals surface area contributed by atoms with E-state index in [0.717, 1.165) is 29.7 Å². The Kier molecular flexibility index (Phi) is 6.93. The van der Waals surface area contributed by atoms with Gasteiger partial charge in [0.1, 0.15) is 18.3 Å². The Labute approximate surface area is 196 Å². The lowest BCUT2D eigenvalue weighted by Gasteiger charge is -2.23. The number of guanidine groups is 1. The Morgan fingerprint density at radius 2 is 2.03 bits per heavy atom. The lowest BCUT2D eigenvalue weighted by atomic mass is 10.0. The molecule has 0 radical (unpaired) electrons. The van der Waals surface area contributed by atoms with Gasteiger partial charge in [0.15, 0.2) is 0 Å². The minimum Gasteiger partial charge on any atom is -0.331 e. The first kappa shape index (κ1) is 22.1. The highest BCUT2D eigenvalue weighted by atomic mass is 35.5. The van der Waals surface area contributed by atoms with E-state index in [4.69, 9.17) is 28.3 Å². The number of carbonyl (C=O) groups is 1. The molecule has 2 aliphatic rings. The predicted molar refractivity (Wildman–Crippen MR) is 125 cm³/mol. The summed E-state index contributed by atoms with van der Waals surface area (Å²) in [6.45, 7) is 1.74. The Bertz CT molecular complexity index is 1110. The van der Waals surface area contributed by atoms with Crippen LogP contribution in [-0.4, -0.2) is 52.8 Å². The van der Waals surface area contributed by atoms with Gasteiger partial charge in [-0.25, -0.2) is 0 Å². The van der Waals surface area contributed by atoms with Crippen molar-refractivity contribution in [3.05, 3.63) is 69.7 Å². The van der Waals surface area contributed by atoms with E-state index in [2.05, 4.69) is 10.6 Å². The van der Waals surface area contributed by atoms with Crippen LogP contribution in [0.5, 0.6) is 0 Å². The smallest absolute Gasteiger partial charge is 0.331 e. The average molecular weight is 470 g/mol. The SMILES string of the molecule is N#CN/C(NCCc1cccc(Cl)c1)=[N+]1\CC(N2CCCC2=O)C(c2ccc(Cl)cc2)=N1. The molecular weight excluding hydrogens is 447 g/mol. The second-order valence-corrected chi connectivity index (χ2v) is 8.55. The Morgan fingerprint density at radius 3 is 2.72 bits per heavy atom. The van der Waals surface area contributed by atoms with Crippen molar-refractivity contribution in [2.45, 2.75) is 25.3 Å². The van der Waals surface area contributed by atoms with Gasteiger partial charge in [0.2, 0.25) is 5.91 Å². The second-order valence-electron chi connectivity index (χ2n) is 7.67. The van der Waals surface area contributed by atoms with E-state index in [9.17, 15) is 10.1 Å². The zero-order chi connectivity index (χ0) is 22.5. The fourth-order valence-electron chi connectivity index (χ4n) is 4.02. The number of halogens is 2. The van der Waals surface area contributed by atoms with Gasteiger partial charge in [-0.2, -0.15) is 10.6 Å². The number of rotatable bonds is 5. The van der Waals surface area contributed by atoms with Gasteiger partial charge in [0.05, 0.1) is 6.54 Å². The summed E-state index contributed by atoms with van der Waals surface area (Å²) in [5.74, 6) is 0.609. The Balaban J connectivity index is 1.60. The molecule has 2 heterocycles. The lowest BCUT2D eigenvalue weighted by molar-refractivity contribution is -0.529. The van der Waals surface area contributed by atoms with Crippen molar-refractivity contribution in [1.82, 2.24) is 15.5 Å². The molecule has 2 aliphatic heterocycles. The van der Waals surface area contributed by atoms with Crippen molar-refractivity contribution in [3.8, 4) is 6.19 Å². The van der Waals surface area contributed by atoms with Gasteiger partial charge in [0.25, 0.3) is 6.19 Å². The number of benzene rings is 2. The molecule has 32 heavy (non-hydrogen) atoms. The predicted octanol–water partition coefficient (Wildman–Crippen LogP) is 2.97. The molecule has 0 bridgehead atoms.